The van der Waals surface area contributed by atoms with E-state index in [0.717, 1.165) is 6.20 Å². The van der Waals surface area contributed by atoms with Crippen molar-refractivity contribution in [3.05, 3.63) is 21.8 Å². The molecule has 0 saturated heterocycles. The van der Waals surface area contributed by atoms with Crippen LogP contribution in [0.4, 0.5) is 19.7 Å². The highest BCUT2D eigenvalue weighted by Crippen LogP contribution is 2.28. The molecule has 0 aliphatic rings. The molecule has 0 radical (unpaired) electrons. The molecule has 0 fully saturated rings. The fourth-order valence-electron chi connectivity index (χ4n) is 1.49. The lowest BCUT2D eigenvalue weighted by atomic mass is 10.2. The third-order valence-electron chi connectivity index (χ3n) is 2.20. The lowest BCUT2D eigenvalue weighted by Crippen LogP contribution is -2.44. The molecule has 0 aromatic carbocycles. The number of ether oxygens (including phenoxy) is 2. The van der Waals surface area contributed by atoms with Crippen molar-refractivity contribution >= 4 is 40.5 Å². The van der Waals surface area contributed by atoms with E-state index in [1.54, 1.807) is 64.1 Å². The minimum atomic E-state index is -1.02. The number of amides is 2. The van der Waals surface area contributed by atoms with Gasteiger partial charge in [0.2, 0.25) is 0 Å². The first-order chi connectivity index (χ1) is 10.3. The molecule has 128 valence electrons. The fourth-order valence-corrected chi connectivity index (χ4v) is 2.15. The minimum absolute atomic E-state index is 0.246. The van der Waals surface area contributed by atoms with Crippen molar-refractivity contribution in [3.8, 4) is 0 Å². The first-order valence-electron chi connectivity index (χ1n) is 6.87. The molecule has 8 heteroatoms. The highest BCUT2D eigenvalue weighted by atomic mass is 127. The van der Waals surface area contributed by atoms with Gasteiger partial charge in [-0.25, -0.2) is 14.0 Å². The van der Waals surface area contributed by atoms with Gasteiger partial charge in [-0.1, -0.05) is 0 Å². The van der Waals surface area contributed by atoms with E-state index in [0.29, 0.717) is 4.90 Å². The number of imide groups is 1. The summed E-state index contributed by atoms with van der Waals surface area (Å²) in [6, 6.07) is 0. The van der Waals surface area contributed by atoms with Gasteiger partial charge in [0.05, 0.1) is 9.77 Å². The standard InChI is InChI=1S/C15H20FIN2O4/c1-14(2,3)22-12(20)19(13(21)23-15(4,5)6)11-9(16)7-18-8-10(11)17/h7-8H,1-6H3. The smallest absolute Gasteiger partial charge is 0.424 e. The number of halogens is 2. The molecule has 1 aromatic heterocycles. The molecule has 23 heavy (non-hydrogen) atoms. The number of carbonyl (C=O) groups excluding carboxylic acids is 2. The molecule has 0 spiro atoms. The van der Waals surface area contributed by atoms with E-state index in [1.165, 1.54) is 6.20 Å². The van der Waals surface area contributed by atoms with E-state index in [4.69, 9.17) is 9.47 Å². The molecule has 0 N–H and O–H groups in total. The molecule has 0 unspecified atom stereocenters. The Kier molecular flexibility index (Phi) is 5.95. The zero-order chi connectivity index (χ0) is 18.0. The van der Waals surface area contributed by atoms with Gasteiger partial charge in [-0.3, -0.25) is 4.98 Å². The van der Waals surface area contributed by atoms with Crippen LogP contribution < -0.4 is 4.90 Å². The maximum Gasteiger partial charge on any atom is 0.424 e. The van der Waals surface area contributed by atoms with Gasteiger partial charge in [-0.2, -0.15) is 4.90 Å². The SMILES string of the molecule is CC(C)(C)OC(=O)N(C(=O)OC(C)(C)C)c1c(F)cncc1I. The van der Waals surface area contributed by atoms with E-state index < -0.39 is 29.2 Å². The molecular formula is C15H20FIN2O4. The Morgan fingerprint density at radius 1 is 1.04 bits per heavy atom. The van der Waals surface area contributed by atoms with Crippen LogP contribution in [0.15, 0.2) is 12.4 Å². The Labute approximate surface area is 148 Å². The van der Waals surface area contributed by atoms with Crippen molar-refractivity contribution in [2.45, 2.75) is 52.7 Å². The molecule has 1 rings (SSSR count). The molecule has 0 aliphatic carbocycles. The van der Waals surface area contributed by atoms with Crippen LogP contribution in [0.2, 0.25) is 0 Å². The van der Waals surface area contributed by atoms with Crippen LogP contribution in [0.25, 0.3) is 0 Å². The first kappa shape index (κ1) is 19.6. The fraction of sp³-hybridized carbons (Fsp3) is 0.533. The zero-order valence-corrected chi connectivity index (χ0v) is 16.1. The molecule has 2 amide bonds. The van der Waals surface area contributed by atoms with E-state index in [2.05, 4.69) is 4.98 Å². The summed E-state index contributed by atoms with van der Waals surface area (Å²) < 4.78 is 24.8. The maximum absolute atomic E-state index is 14.2. The number of nitrogens with zero attached hydrogens (tertiary/aromatic N) is 2. The molecule has 0 atom stereocenters. The van der Waals surface area contributed by atoms with E-state index in [-0.39, 0.29) is 9.26 Å². The molecule has 0 saturated carbocycles. The predicted octanol–water partition coefficient (Wildman–Crippen LogP) is 4.50. The summed E-state index contributed by atoms with van der Waals surface area (Å²) >= 11 is 1.78. The van der Waals surface area contributed by atoms with Crippen LogP contribution in [-0.2, 0) is 9.47 Å². The molecule has 6 nitrogen and oxygen atoms in total. The van der Waals surface area contributed by atoms with Crippen molar-refractivity contribution in [2.24, 2.45) is 0 Å². The highest BCUT2D eigenvalue weighted by Gasteiger charge is 2.35. The average molecular weight is 438 g/mol. The Morgan fingerprint density at radius 2 is 1.48 bits per heavy atom. The normalized spacial score (nSPS) is 11.8. The maximum atomic E-state index is 14.2. The average Bonchev–Trinajstić information content (AvgIpc) is 2.28. The summed E-state index contributed by atoms with van der Waals surface area (Å²) in [6.07, 6.45) is 0.212. The molecule has 1 aromatic rings. The Hall–Kier alpha value is -1.45. The lowest BCUT2D eigenvalue weighted by molar-refractivity contribution is 0.0428. The summed E-state index contributed by atoms with van der Waals surface area (Å²) in [5, 5.41) is 0. The van der Waals surface area contributed by atoms with Gasteiger partial charge in [-0.15, -0.1) is 0 Å². The number of anilines is 1. The number of aromatic nitrogens is 1. The summed E-state index contributed by atoms with van der Waals surface area (Å²) in [5.74, 6) is -0.825. The monoisotopic (exact) mass is 438 g/mol. The largest absolute Gasteiger partial charge is 0.443 e. The van der Waals surface area contributed by atoms with E-state index >= 15 is 0 Å². The van der Waals surface area contributed by atoms with Gasteiger partial charge in [0.1, 0.15) is 16.9 Å². The third kappa shape index (κ3) is 5.92. The first-order valence-corrected chi connectivity index (χ1v) is 7.95. The highest BCUT2D eigenvalue weighted by molar-refractivity contribution is 14.1. The number of carbonyl (C=O) groups is 2. The van der Waals surface area contributed by atoms with Crippen molar-refractivity contribution < 1.29 is 23.5 Å². The van der Waals surface area contributed by atoms with Crippen LogP contribution in [0, 0.1) is 9.39 Å². The van der Waals surface area contributed by atoms with Gasteiger partial charge in [0, 0.05) is 6.20 Å². The minimum Gasteiger partial charge on any atom is -0.443 e. The summed E-state index contributed by atoms with van der Waals surface area (Å²) in [4.78, 5) is 29.0. The lowest BCUT2D eigenvalue weighted by Gasteiger charge is -2.29. The van der Waals surface area contributed by atoms with Crippen LogP contribution in [0.1, 0.15) is 41.5 Å². The number of pyridine rings is 1. The Bertz CT molecular complexity index is 560. The van der Waals surface area contributed by atoms with Gasteiger partial charge < -0.3 is 9.47 Å². The van der Waals surface area contributed by atoms with Crippen molar-refractivity contribution in [2.75, 3.05) is 4.90 Å². The van der Waals surface area contributed by atoms with Crippen LogP contribution in [0.3, 0.4) is 0 Å². The van der Waals surface area contributed by atoms with Gasteiger partial charge in [0.15, 0.2) is 5.82 Å². The number of hydrogen-bond donors (Lipinski definition) is 0. The molecular weight excluding hydrogens is 418 g/mol. The number of hydrogen-bond acceptors (Lipinski definition) is 5. The van der Waals surface area contributed by atoms with Crippen LogP contribution in [-0.4, -0.2) is 28.4 Å². The van der Waals surface area contributed by atoms with Crippen LogP contribution in [0.5, 0.6) is 0 Å². The molecule has 1 heterocycles. The van der Waals surface area contributed by atoms with E-state index in [9.17, 15) is 14.0 Å². The zero-order valence-electron chi connectivity index (χ0n) is 13.9. The van der Waals surface area contributed by atoms with Crippen molar-refractivity contribution in [1.82, 2.24) is 4.98 Å². The summed E-state index contributed by atoms with van der Waals surface area (Å²) in [5.41, 5.74) is -1.96. The van der Waals surface area contributed by atoms with Gasteiger partial charge in [0.25, 0.3) is 0 Å². The Morgan fingerprint density at radius 3 is 1.83 bits per heavy atom. The third-order valence-corrected chi connectivity index (χ3v) is 2.99. The second-order valence-corrected chi connectivity index (χ2v) is 7.91. The summed E-state index contributed by atoms with van der Waals surface area (Å²) in [7, 11) is 0. The topological polar surface area (TPSA) is 68.7 Å². The van der Waals surface area contributed by atoms with Gasteiger partial charge in [-0.05, 0) is 64.1 Å². The van der Waals surface area contributed by atoms with Crippen molar-refractivity contribution in [3.63, 3.8) is 0 Å². The van der Waals surface area contributed by atoms with Gasteiger partial charge >= 0.3 is 12.2 Å². The number of rotatable bonds is 1. The second kappa shape index (κ2) is 6.98. The Balaban J connectivity index is 3.32. The quantitative estimate of drug-likeness (QED) is 0.604. The van der Waals surface area contributed by atoms with Crippen LogP contribution >= 0.6 is 22.6 Å². The molecule has 0 bridgehead atoms. The predicted molar refractivity (Wildman–Crippen MR) is 91.9 cm³/mol. The summed E-state index contributed by atoms with van der Waals surface area (Å²) in [6.45, 7) is 9.87. The van der Waals surface area contributed by atoms with E-state index in [1.807, 2.05) is 0 Å². The second-order valence-electron chi connectivity index (χ2n) is 6.75. The van der Waals surface area contributed by atoms with Crippen molar-refractivity contribution in [1.29, 1.82) is 0 Å². The molecule has 0 aliphatic heterocycles.